The summed E-state index contributed by atoms with van der Waals surface area (Å²) in [5.74, 6) is 0. The zero-order valence-corrected chi connectivity index (χ0v) is 11.2. The Kier molecular flexibility index (Phi) is 2.63. The van der Waals surface area contributed by atoms with Crippen molar-refractivity contribution in [2.24, 2.45) is 0 Å². The van der Waals surface area contributed by atoms with Crippen LogP contribution < -0.4 is 0 Å². The molecule has 0 fully saturated rings. The summed E-state index contributed by atoms with van der Waals surface area (Å²) in [7, 11) is 0. The maximum atomic E-state index is 3.69. The van der Waals surface area contributed by atoms with Gasteiger partial charge in [-0.2, -0.15) is 0 Å². The Morgan fingerprint density at radius 2 is 1.87 bits per heavy atom. The van der Waals surface area contributed by atoms with Gasteiger partial charge in [0, 0.05) is 11.4 Å². The maximum absolute atomic E-state index is 3.69. The maximum Gasteiger partial charge on any atom is 0.0889 e. The molecular weight excluding hydrogens is 250 g/mol. The van der Waals surface area contributed by atoms with Gasteiger partial charge < -0.3 is 4.57 Å². The fraction of sp³-hybridized carbons (Fsp3) is 0.385. The van der Waals surface area contributed by atoms with Crippen LogP contribution in [0.3, 0.4) is 0 Å². The molecule has 2 aromatic rings. The van der Waals surface area contributed by atoms with Crippen LogP contribution >= 0.6 is 15.9 Å². The summed E-state index contributed by atoms with van der Waals surface area (Å²) in [5, 5.41) is 1.36. The first-order valence-corrected chi connectivity index (χ1v) is 6.09. The second kappa shape index (κ2) is 3.67. The molecule has 0 saturated carbocycles. The third-order valence-electron chi connectivity index (χ3n) is 2.92. The predicted octanol–water partition coefficient (Wildman–Crippen LogP) is 4.60. The summed E-state index contributed by atoms with van der Waals surface area (Å²) >= 11 is 3.69. The van der Waals surface area contributed by atoms with Crippen LogP contribution in [0.25, 0.3) is 10.9 Å². The van der Waals surface area contributed by atoms with Crippen molar-refractivity contribution in [3.05, 3.63) is 33.9 Å². The molecule has 0 saturated heterocycles. The molecule has 1 nitrogen and oxygen atoms in total. The van der Waals surface area contributed by atoms with Crippen molar-refractivity contribution in [1.29, 1.82) is 0 Å². The summed E-state index contributed by atoms with van der Waals surface area (Å²) in [4.78, 5) is 0. The van der Waals surface area contributed by atoms with Gasteiger partial charge in [-0.1, -0.05) is 18.2 Å². The second-order valence-corrected chi connectivity index (χ2v) is 5.10. The lowest BCUT2D eigenvalue weighted by Crippen LogP contribution is -2.01. The van der Waals surface area contributed by atoms with E-state index in [0.29, 0.717) is 6.04 Å². The predicted molar refractivity (Wildman–Crippen MR) is 69.5 cm³/mol. The number of aromatic nitrogens is 1. The number of nitrogens with zero attached hydrogens (tertiary/aromatic N) is 1. The van der Waals surface area contributed by atoms with Crippen LogP contribution in [0.1, 0.15) is 31.0 Å². The highest BCUT2D eigenvalue weighted by molar-refractivity contribution is 9.10. The van der Waals surface area contributed by atoms with E-state index in [2.05, 4.69) is 66.4 Å². The molecule has 0 radical (unpaired) electrons. The normalized spacial score (nSPS) is 11.6. The van der Waals surface area contributed by atoms with E-state index in [1.165, 1.54) is 26.6 Å². The van der Waals surface area contributed by atoms with Crippen LogP contribution in [0.5, 0.6) is 0 Å². The van der Waals surface area contributed by atoms with E-state index < -0.39 is 0 Å². The van der Waals surface area contributed by atoms with E-state index >= 15 is 0 Å². The number of benzene rings is 1. The molecule has 0 aliphatic heterocycles. The number of hydrogen-bond acceptors (Lipinski definition) is 0. The number of halogens is 1. The fourth-order valence-electron chi connectivity index (χ4n) is 2.16. The van der Waals surface area contributed by atoms with Crippen molar-refractivity contribution in [1.82, 2.24) is 4.57 Å². The molecule has 2 heteroatoms. The Labute approximate surface area is 99.2 Å². The van der Waals surface area contributed by atoms with E-state index in [1.807, 2.05) is 0 Å². The Bertz CT molecular complexity index is 509. The molecule has 80 valence electrons. The highest BCUT2D eigenvalue weighted by Gasteiger charge is 2.14. The smallest absolute Gasteiger partial charge is 0.0889 e. The summed E-state index contributed by atoms with van der Waals surface area (Å²) in [6.45, 7) is 8.78. The van der Waals surface area contributed by atoms with Gasteiger partial charge in [-0.15, -0.1) is 0 Å². The van der Waals surface area contributed by atoms with Gasteiger partial charge in [-0.05, 0) is 54.8 Å². The van der Waals surface area contributed by atoms with Gasteiger partial charge >= 0.3 is 0 Å². The molecular formula is C13H16BrN. The van der Waals surface area contributed by atoms with Crippen LogP contribution in [-0.2, 0) is 0 Å². The van der Waals surface area contributed by atoms with Crippen molar-refractivity contribution in [3.63, 3.8) is 0 Å². The van der Waals surface area contributed by atoms with Crippen LogP contribution in [0.4, 0.5) is 0 Å². The lowest BCUT2D eigenvalue weighted by Gasteiger charge is -2.12. The average Bonchev–Trinajstić information content (AvgIpc) is 2.43. The minimum atomic E-state index is 0.483. The van der Waals surface area contributed by atoms with Gasteiger partial charge in [0.25, 0.3) is 0 Å². The Hall–Kier alpha value is -0.760. The first kappa shape index (κ1) is 10.7. The topological polar surface area (TPSA) is 4.93 Å². The van der Waals surface area contributed by atoms with E-state index in [4.69, 9.17) is 0 Å². The molecule has 0 aliphatic rings. The fourth-order valence-corrected chi connectivity index (χ4v) is 2.96. The van der Waals surface area contributed by atoms with Gasteiger partial charge in [0.05, 0.1) is 10.1 Å². The number of aryl methyl sites for hydroxylation is 2. The van der Waals surface area contributed by atoms with Gasteiger partial charge in [0.2, 0.25) is 0 Å². The molecule has 1 aromatic heterocycles. The van der Waals surface area contributed by atoms with Crippen molar-refractivity contribution in [2.75, 3.05) is 0 Å². The highest BCUT2D eigenvalue weighted by atomic mass is 79.9. The van der Waals surface area contributed by atoms with Gasteiger partial charge in [-0.3, -0.25) is 0 Å². The van der Waals surface area contributed by atoms with E-state index in [9.17, 15) is 0 Å². The van der Waals surface area contributed by atoms with E-state index in [-0.39, 0.29) is 0 Å². The van der Waals surface area contributed by atoms with Gasteiger partial charge in [-0.25, -0.2) is 0 Å². The molecule has 0 aliphatic carbocycles. The van der Waals surface area contributed by atoms with Crippen molar-refractivity contribution >= 4 is 26.8 Å². The largest absolute Gasteiger partial charge is 0.332 e. The molecule has 0 spiro atoms. The molecule has 0 unspecified atom stereocenters. The zero-order chi connectivity index (χ0) is 11.2. The van der Waals surface area contributed by atoms with Crippen molar-refractivity contribution in [3.8, 4) is 0 Å². The lowest BCUT2D eigenvalue weighted by molar-refractivity contribution is 0.609. The first-order valence-electron chi connectivity index (χ1n) is 5.29. The van der Waals surface area contributed by atoms with Crippen LogP contribution in [0.2, 0.25) is 0 Å². The Balaban J connectivity index is 2.95. The Morgan fingerprint density at radius 1 is 1.20 bits per heavy atom. The van der Waals surface area contributed by atoms with Gasteiger partial charge in [0.15, 0.2) is 0 Å². The Morgan fingerprint density at radius 3 is 2.47 bits per heavy atom. The lowest BCUT2D eigenvalue weighted by atomic mass is 10.1. The van der Waals surface area contributed by atoms with Crippen LogP contribution in [0.15, 0.2) is 22.8 Å². The molecule has 0 atom stereocenters. The third-order valence-corrected chi connectivity index (χ3v) is 3.90. The number of hydrogen-bond donors (Lipinski definition) is 0. The summed E-state index contributed by atoms with van der Waals surface area (Å²) < 4.78 is 3.57. The molecule has 0 amide bonds. The summed E-state index contributed by atoms with van der Waals surface area (Å²) in [6, 6.07) is 6.98. The third kappa shape index (κ3) is 1.51. The highest BCUT2D eigenvalue weighted by Crippen LogP contribution is 2.34. The summed E-state index contributed by atoms with van der Waals surface area (Å²) in [5.41, 5.74) is 4.04. The molecule has 1 heterocycles. The molecule has 1 aromatic carbocycles. The molecule has 0 bridgehead atoms. The van der Waals surface area contributed by atoms with Crippen LogP contribution in [-0.4, -0.2) is 4.57 Å². The second-order valence-electron chi connectivity index (χ2n) is 4.35. The van der Waals surface area contributed by atoms with Gasteiger partial charge in [0.1, 0.15) is 0 Å². The SMILES string of the molecule is Cc1c(Br)n(C(C)C)c2c(C)cccc12. The number of rotatable bonds is 1. The summed E-state index contributed by atoms with van der Waals surface area (Å²) in [6.07, 6.45) is 0. The van der Waals surface area contributed by atoms with Crippen molar-refractivity contribution < 1.29 is 0 Å². The van der Waals surface area contributed by atoms with Crippen molar-refractivity contribution in [2.45, 2.75) is 33.7 Å². The molecule has 0 N–H and O–H groups in total. The van der Waals surface area contributed by atoms with E-state index in [0.717, 1.165) is 0 Å². The van der Waals surface area contributed by atoms with E-state index in [1.54, 1.807) is 0 Å². The number of para-hydroxylation sites is 1. The minimum absolute atomic E-state index is 0.483. The molecule has 2 rings (SSSR count). The zero-order valence-electron chi connectivity index (χ0n) is 9.63. The minimum Gasteiger partial charge on any atom is -0.332 e. The standard InChI is InChI=1S/C13H16BrN/c1-8(2)15-12-9(3)6-5-7-11(12)10(4)13(15)14/h5-8H,1-4H3. The monoisotopic (exact) mass is 265 g/mol. The van der Waals surface area contributed by atoms with Crippen LogP contribution in [0, 0.1) is 13.8 Å². The first-order chi connectivity index (χ1) is 7.04. The number of fused-ring (bicyclic) bond motifs is 1. The molecule has 15 heavy (non-hydrogen) atoms. The average molecular weight is 266 g/mol. The quantitative estimate of drug-likeness (QED) is 0.710.